The van der Waals surface area contributed by atoms with Crippen LogP contribution in [0.15, 0.2) is 60.8 Å². The van der Waals surface area contributed by atoms with Gasteiger partial charge in [0.05, 0.1) is 5.69 Å². The SMILES string of the molecule is Cn1cccc1C(=O)COc1ccc2ccccc2c1. The van der Waals surface area contributed by atoms with Crippen LogP contribution in [0.4, 0.5) is 0 Å². The van der Waals surface area contributed by atoms with Crippen molar-refractivity contribution in [3.05, 3.63) is 66.5 Å². The number of carbonyl (C=O) groups is 1. The molecule has 3 heteroatoms. The zero-order chi connectivity index (χ0) is 13.9. The predicted molar refractivity (Wildman–Crippen MR) is 79.2 cm³/mol. The van der Waals surface area contributed by atoms with Gasteiger partial charge in [-0.15, -0.1) is 0 Å². The van der Waals surface area contributed by atoms with Crippen molar-refractivity contribution in [2.75, 3.05) is 6.61 Å². The molecule has 0 spiro atoms. The lowest BCUT2D eigenvalue weighted by Crippen LogP contribution is -2.14. The first kappa shape index (κ1) is 12.5. The number of rotatable bonds is 4. The number of hydrogen-bond acceptors (Lipinski definition) is 2. The van der Waals surface area contributed by atoms with Crippen molar-refractivity contribution in [2.24, 2.45) is 7.05 Å². The number of fused-ring (bicyclic) bond motifs is 1. The Labute approximate surface area is 117 Å². The van der Waals surface area contributed by atoms with E-state index in [0.717, 1.165) is 10.8 Å². The Kier molecular flexibility index (Phi) is 3.25. The van der Waals surface area contributed by atoms with Gasteiger partial charge in [-0.05, 0) is 35.0 Å². The molecule has 0 atom stereocenters. The molecule has 0 bridgehead atoms. The number of benzene rings is 2. The van der Waals surface area contributed by atoms with Gasteiger partial charge in [-0.1, -0.05) is 30.3 Å². The molecule has 0 aliphatic rings. The van der Waals surface area contributed by atoms with Gasteiger partial charge in [-0.3, -0.25) is 4.79 Å². The lowest BCUT2D eigenvalue weighted by Gasteiger charge is -2.07. The highest BCUT2D eigenvalue weighted by Gasteiger charge is 2.09. The lowest BCUT2D eigenvalue weighted by molar-refractivity contribution is 0.0913. The Balaban J connectivity index is 1.74. The van der Waals surface area contributed by atoms with E-state index in [0.29, 0.717) is 11.4 Å². The third kappa shape index (κ3) is 2.43. The van der Waals surface area contributed by atoms with Crippen molar-refractivity contribution < 1.29 is 9.53 Å². The molecule has 0 amide bonds. The summed E-state index contributed by atoms with van der Waals surface area (Å²) in [5.74, 6) is 0.692. The molecule has 2 aromatic carbocycles. The summed E-state index contributed by atoms with van der Waals surface area (Å²) in [6.45, 7) is 0.0518. The second kappa shape index (κ2) is 5.21. The van der Waals surface area contributed by atoms with Gasteiger partial charge in [-0.25, -0.2) is 0 Å². The summed E-state index contributed by atoms with van der Waals surface area (Å²) in [5, 5.41) is 2.27. The minimum Gasteiger partial charge on any atom is -0.485 e. The van der Waals surface area contributed by atoms with Crippen LogP contribution >= 0.6 is 0 Å². The highest BCUT2D eigenvalue weighted by Crippen LogP contribution is 2.20. The quantitative estimate of drug-likeness (QED) is 0.677. The number of Topliss-reactive ketones (excluding diaryl/α,β-unsaturated/α-hetero) is 1. The van der Waals surface area contributed by atoms with E-state index >= 15 is 0 Å². The molecule has 0 unspecified atom stereocenters. The van der Waals surface area contributed by atoms with Gasteiger partial charge in [0, 0.05) is 13.2 Å². The first-order chi connectivity index (χ1) is 9.74. The fourth-order valence-electron chi connectivity index (χ4n) is 2.23. The van der Waals surface area contributed by atoms with Crippen molar-refractivity contribution in [2.45, 2.75) is 0 Å². The minimum atomic E-state index is -0.0225. The van der Waals surface area contributed by atoms with E-state index in [4.69, 9.17) is 4.74 Å². The van der Waals surface area contributed by atoms with E-state index in [1.807, 2.05) is 61.8 Å². The van der Waals surface area contributed by atoms with Crippen LogP contribution in [0.2, 0.25) is 0 Å². The van der Waals surface area contributed by atoms with Crippen LogP contribution in [0.5, 0.6) is 5.75 Å². The summed E-state index contributed by atoms with van der Waals surface area (Å²) in [4.78, 5) is 12.0. The number of aryl methyl sites for hydroxylation is 1. The zero-order valence-corrected chi connectivity index (χ0v) is 11.2. The molecule has 0 radical (unpaired) electrons. The Morgan fingerprint density at radius 2 is 1.85 bits per heavy atom. The number of nitrogens with zero attached hydrogens (tertiary/aromatic N) is 1. The van der Waals surface area contributed by atoms with Crippen molar-refractivity contribution in [3.8, 4) is 5.75 Å². The normalized spacial score (nSPS) is 10.7. The number of ketones is 1. The molecule has 0 aliphatic carbocycles. The van der Waals surface area contributed by atoms with Crippen LogP contribution in [-0.2, 0) is 7.05 Å². The van der Waals surface area contributed by atoms with Gasteiger partial charge in [-0.2, -0.15) is 0 Å². The van der Waals surface area contributed by atoms with Crippen LogP contribution in [0, 0.1) is 0 Å². The summed E-state index contributed by atoms with van der Waals surface area (Å²) in [5.41, 5.74) is 0.658. The number of hydrogen-bond donors (Lipinski definition) is 0. The van der Waals surface area contributed by atoms with E-state index in [2.05, 4.69) is 0 Å². The number of carbonyl (C=O) groups excluding carboxylic acids is 1. The van der Waals surface area contributed by atoms with E-state index in [9.17, 15) is 4.79 Å². The fourth-order valence-corrected chi connectivity index (χ4v) is 2.23. The Hall–Kier alpha value is -2.55. The number of aromatic nitrogens is 1. The molecular formula is C17H15NO2. The predicted octanol–water partition coefficient (Wildman–Crippen LogP) is 3.44. The molecular weight excluding hydrogens is 250 g/mol. The van der Waals surface area contributed by atoms with E-state index in [1.54, 1.807) is 10.6 Å². The summed E-state index contributed by atoms with van der Waals surface area (Å²) in [7, 11) is 1.85. The topological polar surface area (TPSA) is 31.2 Å². The molecule has 3 aromatic rings. The second-order valence-corrected chi connectivity index (χ2v) is 4.73. The van der Waals surface area contributed by atoms with Crippen LogP contribution in [0.3, 0.4) is 0 Å². The summed E-state index contributed by atoms with van der Waals surface area (Å²) >= 11 is 0. The summed E-state index contributed by atoms with van der Waals surface area (Å²) in [6.07, 6.45) is 1.85. The first-order valence-electron chi connectivity index (χ1n) is 6.50. The molecule has 0 saturated heterocycles. The van der Waals surface area contributed by atoms with Gasteiger partial charge >= 0.3 is 0 Å². The third-order valence-corrected chi connectivity index (χ3v) is 3.32. The zero-order valence-electron chi connectivity index (χ0n) is 11.2. The minimum absolute atomic E-state index is 0.0225. The van der Waals surface area contributed by atoms with Crippen molar-refractivity contribution in [1.82, 2.24) is 4.57 Å². The largest absolute Gasteiger partial charge is 0.485 e. The Bertz CT molecular complexity index is 758. The molecule has 0 saturated carbocycles. The molecule has 0 N–H and O–H groups in total. The van der Waals surface area contributed by atoms with Crippen molar-refractivity contribution >= 4 is 16.6 Å². The molecule has 0 aliphatic heterocycles. The molecule has 100 valence electrons. The molecule has 1 heterocycles. The van der Waals surface area contributed by atoms with Crippen molar-refractivity contribution in [1.29, 1.82) is 0 Å². The monoisotopic (exact) mass is 265 g/mol. The van der Waals surface area contributed by atoms with Gasteiger partial charge in [0.25, 0.3) is 0 Å². The molecule has 0 fully saturated rings. The van der Waals surface area contributed by atoms with Gasteiger partial charge in [0.15, 0.2) is 6.61 Å². The molecule has 20 heavy (non-hydrogen) atoms. The van der Waals surface area contributed by atoms with E-state index < -0.39 is 0 Å². The molecule has 1 aromatic heterocycles. The maximum absolute atomic E-state index is 12.0. The second-order valence-electron chi connectivity index (χ2n) is 4.73. The highest BCUT2D eigenvalue weighted by atomic mass is 16.5. The van der Waals surface area contributed by atoms with Crippen LogP contribution in [-0.4, -0.2) is 17.0 Å². The average molecular weight is 265 g/mol. The maximum Gasteiger partial charge on any atom is 0.216 e. The smallest absolute Gasteiger partial charge is 0.216 e. The summed E-state index contributed by atoms with van der Waals surface area (Å²) < 4.78 is 7.39. The standard InChI is InChI=1S/C17H15NO2/c1-18-10-4-7-16(18)17(19)12-20-15-9-8-13-5-2-3-6-14(13)11-15/h2-11H,12H2,1H3. The van der Waals surface area contributed by atoms with Crippen LogP contribution < -0.4 is 4.74 Å². The first-order valence-corrected chi connectivity index (χ1v) is 6.50. The van der Waals surface area contributed by atoms with Crippen molar-refractivity contribution in [3.63, 3.8) is 0 Å². The Morgan fingerprint density at radius 1 is 1.05 bits per heavy atom. The van der Waals surface area contributed by atoms with Crippen LogP contribution in [0.25, 0.3) is 10.8 Å². The van der Waals surface area contributed by atoms with Gasteiger partial charge in [0.1, 0.15) is 5.75 Å². The van der Waals surface area contributed by atoms with E-state index in [-0.39, 0.29) is 12.4 Å². The lowest BCUT2D eigenvalue weighted by atomic mass is 10.1. The average Bonchev–Trinajstić information content (AvgIpc) is 2.91. The molecule has 3 nitrogen and oxygen atoms in total. The highest BCUT2D eigenvalue weighted by molar-refractivity contribution is 5.96. The maximum atomic E-state index is 12.0. The molecule has 3 rings (SSSR count). The fraction of sp³-hybridized carbons (Fsp3) is 0.118. The summed E-state index contributed by atoms with van der Waals surface area (Å²) in [6, 6.07) is 17.6. The Morgan fingerprint density at radius 3 is 2.60 bits per heavy atom. The number of ether oxygens (including phenoxy) is 1. The van der Waals surface area contributed by atoms with Crippen LogP contribution in [0.1, 0.15) is 10.5 Å². The van der Waals surface area contributed by atoms with Gasteiger partial charge < -0.3 is 9.30 Å². The third-order valence-electron chi connectivity index (χ3n) is 3.32. The van der Waals surface area contributed by atoms with E-state index in [1.165, 1.54) is 0 Å². The van der Waals surface area contributed by atoms with Gasteiger partial charge in [0.2, 0.25) is 5.78 Å².